The first-order valence-corrected chi connectivity index (χ1v) is 10.1. The number of carbonyl (C=O) groups is 2. The molecule has 2 heterocycles. The van der Waals surface area contributed by atoms with E-state index in [1.165, 1.54) is 6.42 Å². The van der Waals surface area contributed by atoms with E-state index in [9.17, 15) is 9.59 Å². The monoisotopic (exact) mass is 371 g/mol. The van der Waals surface area contributed by atoms with Gasteiger partial charge >= 0.3 is 0 Å². The van der Waals surface area contributed by atoms with Gasteiger partial charge in [-0.2, -0.15) is 0 Å². The molecule has 0 unspecified atom stereocenters. The number of nitrogens with one attached hydrogen (secondary N) is 1. The number of amides is 2. The summed E-state index contributed by atoms with van der Waals surface area (Å²) in [5, 5.41) is 3.68. The topological polar surface area (TPSA) is 52.7 Å². The van der Waals surface area contributed by atoms with E-state index >= 15 is 0 Å². The molecule has 27 heavy (non-hydrogen) atoms. The molecule has 3 atom stereocenters. The normalized spacial score (nSPS) is 24.6. The molecule has 2 amide bonds. The van der Waals surface area contributed by atoms with Crippen LogP contribution in [0.4, 0.5) is 0 Å². The lowest BCUT2D eigenvalue weighted by molar-refractivity contribution is -0.128. The molecule has 1 aromatic carbocycles. The molecule has 1 N–H and O–H groups in total. The fourth-order valence-corrected chi connectivity index (χ4v) is 4.65. The second-order valence-corrected chi connectivity index (χ2v) is 8.64. The minimum atomic E-state index is 0.167. The van der Waals surface area contributed by atoms with Crippen LogP contribution in [-0.2, 0) is 4.79 Å². The fraction of sp³-hybridized carbons (Fsp3) is 0.636. The SMILES string of the molecule is Cc1cc(C)cc(C(=O)N2C[C@@H]3CN[C@H](CCCC(=O)N(C)C)[C@H](C3)C2)c1. The highest BCUT2D eigenvalue weighted by Crippen LogP contribution is 2.31. The second kappa shape index (κ2) is 8.42. The predicted molar refractivity (Wildman–Crippen MR) is 108 cm³/mol. The molecule has 1 aromatic rings. The van der Waals surface area contributed by atoms with E-state index in [2.05, 4.69) is 16.3 Å². The summed E-state index contributed by atoms with van der Waals surface area (Å²) in [5.74, 6) is 1.39. The highest BCUT2D eigenvalue weighted by Gasteiger charge is 2.38. The van der Waals surface area contributed by atoms with Gasteiger partial charge in [-0.1, -0.05) is 17.2 Å². The molecule has 0 radical (unpaired) electrons. The summed E-state index contributed by atoms with van der Waals surface area (Å²) in [6.07, 6.45) is 3.70. The van der Waals surface area contributed by atoms with Crippen molar-refractivity contribution in [1.29, 1.82) is 0 Å². The van der Waals surface area contributed by atoms with Gasteiger partial charge in [-0.25, -0.2) is 0 Å². The highest BCUT2D eigenvalue weighted by molar-refractivity contribution is 5.94. The summed E-state index contributed by atoms with van der Waals surface area (Å²) in [4.78, 5) is 28.6. The van der Waals surface area contributed by atoms with Gasteiger partial charge in [-0.15, -0.1) is 0 Å². The third-order valence-corrected chi connectivity index (χ3v) is 5.97. The molecule has 148 valence electrons. The van der Waals surface area contributed by atoms with Gasteiger partial charge in [0.25, 0.3) is 5.91 Å². The molecule has 0 saturated carbocycles. The third kappa shape index (κ3) is 4.89. The minimum Gasteiger partial charge on any atom is -0.349 e. The zero-order chi connectivity index (χ0) is 19.6. The van der Waals surface area contributed by atoms with Crippen molar-refractivity contribution in [2.75, 3.05) is 33.7 Å². The van der Waals surface area contributed by atoms with E-state index in [1.807, 2.05) is 40.1 Å². The average Bonchev–Trinajstić information content (AvgIpc) is 2.61. The molecule has 5 nitrogen and oxygen atoms in total. The van der Waals surface area contributed by atoms with Crippen LogP contribution in [0.5, 0.6) is 0 Å². The number of hydrogen-bond donors (Lipinski definition) is 1. The van der Waals surface area contributed by atoms with Gasteiger partial charge in [-0.05, 0) is 63.6 Å². The molecule has 5 heteroatoms. The second-order valence-electron chi connectivity index (χ2n) is 8.64. The first kappa shape index (κ1) is 19.9. The van der Waals surface area contributed by atoms with Crippen LogP contribution in [0.15, 0.2) is 18.2 Å². The van der Waals surface area contributed by atoms with Crippen LogP contribution in [0.2, 0.25) is 0 Å². The van der Waals surface area contributed by atoms with E-state index in [-0.39, 0.29) is 11.8 Å². The Morgan fingerprint density at radius 1 is 1.15 bits per heavy atom. The molecule has 2 fully saturated rings. The zero-order valence-corrected chi connectivity index (χ0v) is 17.1. The number of benzene rings is 1. The number of hydrogen-bond acceptors (Lipinski definition) is 3. The molecular weight excluding hydrogens is 338 g/mol. The van der Waals surface area contributed by atoms with Crippen LogP contribution in [0.25, 0.3) is 0 Å². The van der Waals surface area contributed by atoms with Crippen molar-refractivity contribution in [3.63, 3.8) is 0 Å². The predicted octanol–water partition coefficient (Wildman–Crippen LogP) is 2.61. The van der Waals surface area contributed by atoms with Gasteiger partial charge in [-0.3, -0.25) is 9.59 Å². The number of likely N-dealkylation sites (tertiary alicyclic amines) is 1. The van der Waals surface area contributed by atoms with Crippen LogP contribution in [0, 0.1) is 25.7 Å². The van der Waals surface area contributed by atoms with Gasteiger partial charge in [0.1, 0.15) is 0 Å². The van der Waals surface area contributed by atoms with Gasteiger partial charge in [0.2, 0.25) is 5.91 Å². The van der Waals surface area contributed by atoms with Gasteiger partial charge in [0.05, 0.1) is 0 Å². The number of rotatable bonds is 5. The van der Waals surface area contributed by atoms with E-state index in [0.29, 0.717) is 24.3 Å². The molecule has 2 aliphatic heterocycles. The Morgan fingerprint density at radius 2 is 1.85 bits per heavy atom. The lowest BCUT2D eigenvalue weighted by Crippen LogP contribution is -2.57. The maximum atomic E-state index is 13.1. The lowest BCUT2D eigenvalue weighted by atomic mass is 9.78. The molecule has 0 spiro atoms. The van der Waals surface area contributed by atoms with Crippen LogP contribution >= 0.6 is 0 Å². The average molecular weight is 372 g/mol. The fourth-order valence-electron chi connectivity index (χ4n) is 4.65. The summed E-state index contributed by atoms with van der Waals surface area (Å²) >= 11 is 0. The van der Waals surface area contributed by atoms with Gasteiger partial charge < -0.3 is 15.1 Å². The summed E-state index contributed by atoms with van der Waals surface area (Å²) in [5.41, 5.74) is 3.09. The number of aryl methyl sites for hydroxylation is 2. The van der Waals surface area contributed by atoms with E-state index in [0.717, 1.165) is 49.2 Å². The number of piperidine rings is 2. The van der Waals surface area contributed by atoms with E-state index in [4.69, 9.17) is 0 Å². The Labute approximate surface area is 163 Å². The molecule has 2 bridgehead atoms. The van der Waals surface area contributed by atoms with E-state index < -0.39 is 0 Å². The summed E-state index contributed by atoms with van der Waals surface area (Å²) < 4.78 is 0. The Bertz CT molecular complexity index is 681. The summed E-state index contributed by atoms with van der Waals surface area (Å²) in [7, 11) is 3.62. The van der Waals surface area contributed by atoms with Crippen LogP contribution in [-0.4, -0.2) is 61.4 Å². The standard InChI is InChI=1S/C22H33N3O2/c1-15-8-16(2)10-18(9-15)22(27)25-13-17-11-19(14-25)20(23-12-17)6-5-7-21(26)24(3)4/h8-10,17,19-20,23H,5-7,11-14H2,1-4H3/t17-,19+,20+/m0/s1. The zero-order valence-electron chi connectivity index (χ0n) is 17.1. The van der Waals surface area contributed by atoms with Crippen molar-refractivity contribution in [3.8, 4) is 0 Å². The summed E-state index contributed by atoms with van der Waals surface area (Å²) in [6, 6.07) is 6.52. The molecule has 2 aliphatic rings. The largest absolute Gasteiger partial charge is 0.349 e. The van der Waals surface area contributed by atoms with Crippen molar-refractivity contribution in [2.24, 2.45) is 11.8 Å². The molecule has 0 aromatic heterocycles. The third-order valence-electron chi connectivity index (χ3n) is 5.97. The maximum absolute atomic E-state index is 13.1. The van der Waals surface area contributed by atoms with Crippen molar-refractivity contribution >= 4 is 11.8 Å². The van der Waals surface area contributed by atoms with Crippen molar-refractivity contribution in [1.82, 2.24) is 15.1 Å². The Morgan fingerprint density at radius 3 is 2.52 bits per heavy atom. The highest BCUT2D eigenvalue weighted by atomic mass is 16.2. The van der Waals surface area contributed by atoms with Crippen molar-refractivity contribution in [2.45, 2.75) is 45.6 Å². The maximum Gasteiger partial charge on any atom is 0.253 e. The smallest absolute Gasteiger partial charge is 0.253 e. The first-order valence-electron chi connectivity index (χ1n) is 10.1. The van der Waals surface area contributed by atoms with Crippen LogP contribution in [0.3, 0.4) is 0 Å². The molecular formula is C22H33N3O2. The number of fused-ring (bicyclic) bond motifs is 2. The van der Waals surface area contributed by atoms with Crippen molar-refractivity contribution in [3.05, 3.63) is 34.9 Å². The first-order chi connectivity index (χ1) is 12.8. The van der Waals surface area contributed by atoms with Gasteiger partial charge in [0.15, 0.2) is 0 Å². The molecule has 2 saturated heterocycles. The molecule has 0 aliphatic carbocycles. The minimum absolute atomic E-state index is 0.167. The Hall–Kier alpha value is -1.88. The Balaban J connectivity index is 1.61. The van der Waals surface area contributed by atoms with Gasteiger partial charge in [0, 0.05) is 45.2 Å². The number of carbonyl (C=O) groups excluding carboxylic acids is 2. The van der Waals surface area contributed by atoms with Crippen LogP contribution in [0.1, 0.15) is 47.2 Å². The van der Waals surface area contributed by atoms with Crippen molar-refractivity contribution < 1.29 is 9.59 Å². The van der Waals surface area contributed by atoms with Crippen LogP contribution < -0.4 is 5.32 Å². The number of nitrogens with zero attached hydrogens (tertiary/aromatic N) is 2. The van der Waals surface area contributed by atoms with E-state index in [1.54, 1.807) is 4.90 Å². The summed E-state index contributed by atoms with van der Waals surface area (Å²) in [6.45, 7) is 6.73. The Kier molecular flexibility index (Phi) is 6.20. The molecule has 3 rings (SSSR count). The lowest BCUT2D eigenvalue weighted by Gasteiger charge is -2.46. The quantitative estimate of drug-likeness (QED) is 0.866.